The second-order valence-electron chi connectivity index (χ2n) is 8.42. The molecule has 0 saturated carbocycles. The third-order valence-corrected chi connectivity index (χ3v) is 7.20. The number of aryl methyl sites for hydroxylation is 1. The van der Waals surface area contributed by atoms with E-state index in [1.54, 1.807) is 0 Å². The zero-order valence-electron chi connectivity index (χ0n) is 18.2. The first-order chi connectivity index (χ1) is 15.5. The van der Waals surface area contributed by atoms with E-state index >= 15 is 0 Å². The van der Waals surface area contributed by atoms with Gasteiger partial charge in [0.1, 0.15) is 11.6 Å². The summed E-state index contributed by atoms with van der Waals surface area (Å²) in [5.41, 5.74) is 0.784. The van der Waals surface area contributed by atoms with Gasteiger partial charge >= 0.3 is 0 Å². The van der Waals surface area contributed by atoms with E-state index in [2.05, 4.69) is 27.6 Å². The smallest absolute Gasteiger partial charge is 0.264 e. The first-order valence-electron chi connectivity index (χ1n) is 11.2. The van der Waals surface area contributed by atoms with Gasteiger partial charge in [-0.05, 0) is 76.4 Å². The molecule has 172 valence electrons. The van der Waals surface area contributed by atoms with Gasteiger partial charge in [0.25, 0.3) is 5.91 Å². The Bertz CT molecular complexity index is 949. The Morgan fingerprint density at radius 3 is 2.81 bits per heavy atom. The lowest BCUT2D eigenvalue weighted by Gasteiger charge is -2.22. The number of carbonyl (C=O) groups excluding carboxylic acids is 2. The van der Waals surface area contributed by atoms with E-state index in [0.717, 1.165) is 42.8 Å². The second kappa shape index (κ2) is 10.4. The van der Waals surface area contributed by atoms with Crippen molar-refractivity contribution in [3.05, 3.63) is 40.7 Å². The molecule has 9 heteroatoms. The van der Waals surface area contributed by atoms with Crippen molar-refractivity contribution in [2.45, 2.75) is 50.5 Å². The summed E-state index contributed by atoms with van der Waals surface area (Å²) >= 11 is 1.42. The summed E-state index contributed by atoms with van der Waals surface area (Å²) < 4.78 is 18.3. The summed E-state index contributed by atoms with van der Waals surface area (Å²) in [5, 5.41) is 6.34. The van der Waals surface area contributed by atoms with Crippen LogP contribution >= 0.6 is 11.3 Å². The van der Waals surface area contributed by atoms with Crippen LogP contribution in [-0.2, 0) is 16.0 Å². The zero-order valence-corrected chi connectivity index (χ0v) is 19.0. The molecule has 2 aliphatic rings. The number of thiazole rings is 1. The molecule has 2 heterocycles. The van der Waals surface area contributed by atoms with E-state index < -0.39 is 0 Å². The number of likely N-dealkylation sites (tertiary alicyclic amines) is 1. The zero-order chi connectivity index (χ0) is 22.5. The van der Waals surface area contributed by atoms with Gasteiger partial charge in [-0.3, -0.25) is 14.9 Å². The number of benzene rings is 1. The average molecular weight is 461 g/mol. The first kappa shape index (κ1) is 22.7. The van der Waals surface area contributed by atoms with E-state index in [0.29, 0.717) is 23.5 Å². The average Bonchev–Trinajstić information content (AvgIpc) is 3.38. The molecule has 2 unspecified atom stereocenters. The summed E-state index contributed by atoms with van der Waals surface area (Å²) in [5.74, 6) is -0.533. The molecule has 0 radical (unpaired) electrons. The first-order valence-corrected chi connectivity index (χ1v) is 12.0. The van der Waals surface area contributed by atoms with Gasteiger partial charge < -0.3 is 15.0 Å². The van der Waals surface area contributed by atoms with Crippen molar-refractivity contribution in [2.75, 3.05) is 32.1 Å². The lowest BCUT2D eigenvalue weighted by atomic mass is 9.90. The Morgan fingerprint density at radius 2 is 2.06 bits per heavy atom. The highest BCUT2D eigenvalue weighted by Gasteiger charge is 2.31. The number of nitrogens with zero attached hydrogens (tertiary/aromatic N) is 2. The summed E-state index contributed by atoms with van der Waals surface area (Å²) in [6, 6.07) is 6.05. The molecule has 2 atom stereocenters. The summed E-state index contributed by atoms with van der Waals surface area (Å²) in [6.45, 7) is 1.61. The predicted octanol–water partition coefficient (Wildman–Crippen LogP) is 3.32. The molecule has 1 aromatic heterocycles. The van der Waals surface area contributed by atoms with Crippen molar-refractivity contribution in [1.29, 1.82) is 0 Å². The minimum Gasteiger partial charge on any atom is -0.484 e. The van der Waals surface area contributed by atoms with Crippen LogP contribution in [0.3, 0.4) is 0 Å². The van der Waals surface area contributed by atoms with E-state index in [1.165, 1.54) is 48.4 Å². The van der Waals surface area contributed by atoms with Crippen LogP contribution in [0.4, 0.5) is 9.52 Å². The maximum Gasteiger partial charge on any atom is 0.264 e. The van der Waals surface area contributed by atoms with E-state index in [9.17, 15) is 14.0 Å². The number of fused-ring (bicyclic) bond motifs is 1. The Balaban J connectivity index is 1.29. The van der Waals surface area contributed by atoms with Gasteiger partial charge in [-0.15, -0.1) is 11.3 Å². The minimum atomic E-state index is -0.361. The number of amides is 2. The molecule has 2 N–H and O–H groups in total. The number of ether oxygens (including phenoxy) is 1. The highest BCUT2D eigenvalue weighted by Crippen LogP contribution is 2.36. The van der Waals surface area contributed by atoms with Gasteiger partial charge in [-0.1, -0.05) is 0 Å². The Hall–Kier alpha value is -2.52. The second-order valence-corrected chi connectivity index (χ2v) is 9.50. The van der Waals surface area contributed by atoms with Crippen molar-refractivity contribution in [3.8, 4) is 5.75 Å². The van der Waals surface area contributed by atoms with Crippen LogP contribution in [0.25, 0.3) is 0 Å². The van der Waals surface area contributed by atoms with Crippen molar-refractivity contribution < 1.29 is 18.7 Å². The van der Waals surface area contributed by atoms with Crippen LogP contribution in [0.5, 0.6) is 5.75 Å². The van der Waals surface area contributed by atoms with Gasteiger partial charge in [0.05, 0.1) is 11.6 Å². The topological polar surface area (TPSA) is 83.6 Å². The lowest BCUT2D eigenvalue weighted by Crippen LogP contribution is -2.35. The number of halogens is 1. The molecular formula is C23H29FN4O3S. The standard InChI is InChI=1S/C23H29FN4O3S/c1-28-13-3-4-16(28)11-12-25-22(30)18-5-2-6-19-21(18)27-23(32-19)26-20(29)14-31-17-9-7-15(24)8-10-17/h7-10,16,18H,2-6,11-14H2,1H3,(H,25,30)(H,26,27,29). The summed E-state index contributed by atoms with van der Waals surface area (Å²) in [4.78, 5) is 33.1. The number of anilines is 1. The molecular weight excluding hydrogens is 431 g/mol. The Labute approximate surface area is 191 Å². The van der Waals surface area contributed by atoms with Crippen LogP contribution in [0, 0.1) is 5.82 Å². The van der Waals surface area contributed by atoms with Gasteiger partial charge in [0.2, 0.25) is 5.91 Å². The molecule has 1 aliphatic heterocycles. The molecule has 1 saturated heterocycles. The Kier molecular flexibility index (Phi) is 7.36. The van der Waals surface area contributed by atoms with Crippen LogP contribution in [-0.4, -0.2) is 54.5 Å². The van der Waals surface area contributed by atoms with Gasteiger partial charge in [0.15, 0.2) is 11.7 Å². The highest BCUT2D eigenvalue weighted by molar-refractivity contribution is 7.15. The van der Waals surface area contributed by atoms with E-state index in [4.69, 9.17) is 4.74 Å². The summed E-state index contributed by atoms with van der Waals surface area (Å²) in [6.07, 6.45) is 5.95. The molecule has 4 rings (SSSR count). The molecule has 7 nitrogen and oxygen atoms in total. The van der Waals surface area contributed by atoms with Crippen LogP contribution in [0.1, 0.15) is 48.6 Å². The van der Waals surface area contributed by atoms with Crippen molar-refractivity contribution in [3.63, 3.8) is 0 Å². The normalized spacial score (nSPS) is 20.6. The lowest BCUT2D eigenvalue weighted by molar-refractivity contribution is -0.123. The summed E-state index contributed by atoms with van der Waals surface area (Å²) in [7, 11) is 2.14. The molecule has 1 aliphatic carbocycles. The SMILES string of the molecule is CN1CCCC1CCNC(=O)C1CCCc2sc(NC(=O)COc3ccc(F)cc3)nc21. The number of rotatable bonds is 8. The largest absolute Gasteiger partial charge is 0.484 e. The number of carbonyl (C=O) groups is 2. The number of nitrogens with one attached hydrogen (secondary N) is 2. The fraction of sp³-hybridized carbons (Fsp3) is 0.522. The van der Waals surface area contributed by atoms with Crippen molar-refractivity contribution in [1.82, 2.24) is 15.2 Å². The monoisotopic (exact) mass is 460 g/mol. The maximum absolute atomic E-state index is 13.0. The van der Waals surface area contributed by atoms with Crippen LogP contribution < -0.4 is 15.4 Å². The molecule has 0 spiro atoms. The van der Waals surface area contributed by atoms with Crippen molar-refractivity contribution >= 4 is 28.3 Å². The van der Waals surface area contributed by atoms with Gasteiger partial charge in [0, 0.05) is 17.5 Å². The van der Waals surface area contributed by atoms with Gasteiger partial charge in [-0.25, -0.2) is 9.37 Å². The number of aromatic nitrogens is 1. The molecule has 1 aromatic carbocycles. The van der Waals surface area contributed by atoms with Gasteiger partial charge in [-0.2, -0.15) is 0 Å². The minimum absolute atomic E-state index is 0.0226. The van der Waals surface area contributed by atoms with Crippen molar-refractivity contribution in [2.24, 2.45) is 0 Å². The van der Waals surface area contributed by atoms with E-state index in [-0.39, 0.29) is 30.2 Å². The number of hydrogen-bond donors (Lipinski definition) is 2. The van der Waals surface area contributed by atoms with Crippen LogP contribution in [0.15, 0.2) is 24.3 Å². The maximum atomic E-state index is 13.0. The predicted molar refractivity (Wildman–Crippen MR) is 122 cm³/mol. The fourth-order valence-corrected chi connectivity index (χ4v) is 5.47. The molecule has 2 amide bonds. The third-order valence-electron chi connectivity index (χ3n) is 6.15. The molecule has 0 bridgehead atoms. The number of hydrogen-bond acceptors (Lipinski definition) is 6. The highest BCUT2D eigenvalue weighted by atomic mass is 32.1. The molecule has 1 fully saturated rings. The quantitative estimate of drug-likeness (QED) is 0.632. The Morgan fingerprint density at radius 1 is 1.25 bits per heavy atom. The van der Waals surface area contributed by atoms with E-state index in [1.807, 2.05) is 0 Å². The third kappa shape index (κ3) is 5.63. The molecule has 32 heavy (non-hydrogen) atoms. The fourth-order valence-electron chi connectivity index (χ4n) is 4.39. The molecule has 2 aromatic rings. The van der Waals surface area contributed by atoms with Crippen LogP contribution in [0.2, 0.25) is 0 Å².